The third-order valence-electron chi connectivity index (χ3n) is 4.72. The van der Waals surface area contributed by atoms with Crippen LogP contribution in [0.4, 0.5) is 5.69 Å². The van der Waals surface area contributed by atoms with Gasteiger partial charge < -0.3 is 10.6 Å². The first-order valence-corrected chi connectivity index (χ1v) is 11.5. The fourth-order valence-electron chi connectivity index (χ4n) is 3.20. The zero-order valence-corrected chi connectivity index (χ0v) is 17.4. The minimum atomic E-state index is -3.49. The third kappa shape index (κ3) is 7.56. The summed E-state index contributed by atoms with van der Waals surface area (Å²) in [6, 6.07) is 6.27. The van der Waals surface area contributed by atoms with Gasteiger partial charge in [-0.05, 0) is 55.2 Å². The van der Waals surface area contributed by atoms with Gasteiger partial charge >= 0.3 is 0 Å². The Morgan fingerprint density at radius 3 is 2.44 bits per heavy atom. The third-order valence-corrected chi connectivity index (χ3v) is 6.40. The second-order valence-corrected chi connectivity index (χ2v) is 9.14. The first kappa shape index (κ1) is 21.8. The molecule has 27 heavy (non-hydrogen) atoms. The van der Waals surface area contributed by atoms with Gasteiger partial charge in [-0.15, -0.1) is 0 Å². The maximum absolute atomic E-state index is 12.1. The van der Waals surface area contributed by atoms with Gasteiger partial charge in [0.25, 0.3) is 0 Å². The van der Waals surface area contributed by atoms with E-state index in [-0.39, 0.29) is 15.9 Å². The lowest BCUT2D eigenvalue weighted by molar-refractivity contribution is -0.120. The normalized spacial score (nSPS) is 15.3. The van der Waals surface area contributed by atoms with Crippen molar-refractivity contribution in [3.63, 3.8) is 0 Å². The molecule has 150 valence electrons. The van der Waals surface area contributed by atoms with Crippen molar-refractivity contribution in [3.8, 4) is 0 Å². The van der Waals surface area contributed by atoms with Crippen LogP contribution < -0.4 is 15.4 Å². The number of thiocarbonyl (C=S) groups is 1. The van der Waals surface area contributed by atoms with E-state index in [4.69, 9.17) is 12.2 Å². The molecule has 1 saturated carbocycles. The van der Waals surface area contributed by atoms with Gasteiger partial charge in [-0.2, -0.15) is 0 Å². The first-order valence-electron chi connectivity index (χ1n) is 9.61. The van der Waals surface area contributed by atoms with E-state index in [9.17, 15) is 13.2 Å². The summed E-state index contributed by atoms with van der Waals surface area (Å²) in [6.45, 7) is 2.30. The van der Waals surface area contributed by atoms with Crippen LogP contribution in [0.15, 0.2) is 29.2 Å². The van der Waals surface area contributed by atoms with E-state index in [0.29, 0.717) is 24.6 Å². The summed E-state index contributed by atoms with van der Waals surface area (Å²) in [6.07, 6.45) is 8.41. The zero-order chi connectivity index (χ0) is 19.7. The summed E-state index contributed by atoms with van der Waals surface area (Å²) < 4.78 is 26.6. The highest BCUT2D eigenvalue weighted by atomic mass is 32.2. The second kappa shape index (κ2) is 10.7. The molecule has 0 spiro atoms. The summed E-state index contributed by atoms with van der Waals surface area (Å²) >= 11 is 5.17. The molecule has 1 fully saturated rings. The highest BCUT2D eigenvalue weighted by Crippen LogP contribution is 2.27. The molecule has 0 heterocycles. The number of anilines is 1. The lowest BCUT2D eigenvalue weighted by Crippen LogP contribution is -2.34. The van der Waals surface area contributed by atoms with Crippen LogP contribution in [-0.2, 0) is 14.8 Å². The standard InChI is InChI=1S/C19H29N3O3S2/c1-2-14-20-27(24,25)17-11-9-16(10-12-17)21-19(26)22-18(23)13-8-15-6-4-3-5-7-15/h9-12,15,20H,2-8,13-14H2,1H3,(H2,21,22,23,26). The van der Waals surface area contributed by atoms with Gasteiger partial charge in [0.15, 0.2) is 5.11 Å². The average molecular weight is 412 g/mol. The number of nitrogens with one attached hydrogen (secondary N) is 3. The SMILES string of the molecule is CCCNS(=O)(=O)c1ccc(NC(=S)NC(=O)CCC2CCCCC2)cc1. The van der Waals surface area contributed by atoms with Crippen molar-refractivity contribution >= 4 is 38.9 Å². The van der Waals surface area contributed by atoms with Crippen LogP contribution in [0.3, 0.4) is 0 Å². The van der Waals surface area contributed by atoms with Crippen LogP contribution in [0.25, 0.3) is 0 Å². The molecule has 1 aromatic rings. The molecule has 0 aromatic heterocycles. The smallest absolute Gasteiger partial charge is 0.240 e. The molecular weight excluding hydrogens is 382 g/mol. The number of hydrogen-bond donors (Lipinski definition) is 3. The summed E-state index contributed by atoms with van der Waals surface area (Å²) in [5.41, 5.74) is 0.627. The maximum Gasteiger partial charge on any atom is 0.240 e. The Balaban J connectivity index is 1.78. The van der Waals surface area contributed by atoms with E-state index in [1.165, 1.54) is 44.2 Å². The lowest BCUT2D eigenvalue weighted by atomic mass is 9.86. The molecule has 0 saturated heterocycles. The van der Waals surface area contributed by atoms with Gasteiger partial charge in [0.1, 0.15) is 0 Å². The Bertz CT molecular complexity index is 727. The Labute approximate surface area is 167 Å². The molecule has 1 amide bonds. The molecule has 0 aliphatic heterocycles. The van der Waals surface area contributed by atoms with Gasteiger partial charge in [-0.1, -0.05) is 39.0 Å². The predicted molar refractivity (Wildman–Crippen MR) is 112 cm³/mol. The molecule has 0 bridgehead atoms. The van der Waals surface area contributed by atoms with Crippen LogP contribution in [0.5, 0.6) is 0 Å². The quantitative estimate of drug-likeness (QED) is 0.570. The molecule has 2 rings (SSSR count). The van der Waals surface area contributed by atoms with E-state index in [2.05, 4.69) is 15.4 Å². The number of carbonyl (C=O) groups excluding carboxylic acids is 1. The molecule has 3 N–H and O–H groups in total. The van der Waals surface area contributed by atoms with Crippen molar-refractivity contribution in [3.05, 3.63) is 24.3 Å². The molecular formula is C19H29N3O3S2. The van der Waals surface area contributed by atoms with Gasteiger partial charge in [-0.3, -0.25) is 4.79 Å². The molecule has 8 heteroatoms. The van der Waals surface area contributed by atoms with E-state index < -0.39 is 10.0 Å². The fourth-order valence-corrected chi connectivity index (χ4v) is 4.57. The molecule has 0 unspecified atom stereocenters. The predicted octanol–water partition coefficient (Wildman–Crippen LogP) is 3.55. The van der Waals surface area contributed by atoms with E-state index in [1.54, 1.807) is 12.1 Å². The maximum atomic E-state index is 12.1. The minimum absolute atomic E-state index is 0.0824. The van der Waals surface area contributed by atoms with Crippen molar-refractivity contribution in [2.45, 2.75) is 63.2 Å². The highest BCUT2D eigenvalue weighted by molar-refractivity contribution is 7.89. The Hall–Kier alpha value is -1.51. The Kier molecular flexibility index (Phi) is 8.66. The van der Waals surface area contributed by atoms with Crippen LogP contribution >= 0.6 is 12.2 Å². The number of benzene rings is 1. The largest absolute Gasteiger partial charge is 0.332 e. The Morgan fingerprint density at radius 1 is 1.15 bits per heavy atom. The monoisotopic (exact) mass is 411 g/mol. The number of rotatable bonds is 8. The van der Waals surface area contributed by atoms with Crippen molar-refractivity contribution in [2.75, 3.05) is 11.9 Å². The van der Waals surface area contributed by atoms with Crippen LogP contribution in [0.1, 0.15) is 58.3 Å². The molecule has 6 nitrogen and oxygen atoms in total. The van der Waals surface area contributed by atoms with Crippen molar-refractivity contribution in [2.24, 2.45) is 5.92 Å². The first-order chi connectivity index (χ1) is 12.9. The molecule has 1 aliphatic carbocycles. The fraction of sp³-hybridized carbons (Fsp3) is 0.579. The number of sulfonamides is 1. The van der Waals surface area contributed by atoms with Crippen molar-refractivity contribution in [1.82, 2.24) is 10.0 Å². The van der Waals surface area contributed by atoms with E-state index in [1.807, 2.05) is 6.92 Å². The van der Waals surface area contributed by atoms with Crippen LogP contribution in [0.2, 0.25) is 0 Å². The van der Waals surface area contributed by atoms with Gasteiger partial charge in [0.2, 0.25) is 15.9 Å². The highest BCUT2D eigenvalue weighted by Gasteiger charge is 2.16. The molecule has 0 radical (unpaired) electrons. The topological polar surface area (TPSA) is 87.3 Å². The summed E-state index contributed by atoms with van der Waals surface area (Å²) in [5, 5.41) is 5.83. The number of amides is 1. The number of hydrogen-bond acceptors (Lipinski definition) is 4. The minimum Gasteiger partial charge on any atom is -0.332 e. The van der Waals surface area contributed by atoms with Crippen LogP contribution in [0, 0.1) is 5.92 Å². The van der Waals surface area contributed by atoms with E-state index in [0.717, 1.165) is 12.8 Å². The van der Waals surface area contributed by atoms with Gasteiger partial charge in [0, 0.05) is 18.7 Å². The molecule has 1 aromatic carbocycles. The van der Waals surface area contributed by atoms with Gasteiger partial charge in [0.05, 0.1) is 4.90 Å². The number of carbonyl (C=O) groups is 1. The average Bonchev–Trinajstić information content (AvgIpc) is 2.66. The zero-order valence-electron chi connectivity index (χ0n) is 15.8. The second-order valence-electron chi connectivity index (χ2n) is 6.97. The van der Waals surface area contributed by atoms with E-state index >= 15 is 0 Å². The Morgan fingerprint density at radius 2 is 1.81 bits per heavy atom. The van der Waals surface area contributed by atoms with Crippen LogP contribution in [-0.4, -0.2) is 26.0 Å². The molecule has 1 aliphatic rings. The molecule has 0 atom stereocenters. The van der Waals surface area contributed by atoms with Crippen molar-refractivity contribution < 1.29 is 13.2 Å². The summed E-state index contributed by atoms with van der Waals surface area (Å²) in [5.74, 6) is 0.572. The summed E-state index contributed by atoms with van der Waals surface area (Å²) in [7, 11) is -3.49. The summed E-state index contributed by atoms with van der Waals surface area (Å²) in [4.78, 5) is 12.2. The van der Waals surface area contributed by atoms with Gasteiger partial charge in [-0.25, -0.2) is 13.1 Å². The lowest BCUT2D eigenvalue weighted by Gasteiger charge is -2.21. The van der Waals surface area contributed by atoms with Crippen molar-refractivity contribution in [1.29, 1.82) is 0 Å².